The van der Waals surface area contributed by atoms with Crippen molar-refractivity contribution >= 4 is 22.6 Å². The molecule has 3 heterocycles. The number of nitrogens with zero attached hydrogens (tertiary/aromatic N) is 4. The zero-order valence-corrected chi connectivity index (χ0v) is 16.0. The molecule has 0 aliphatic heterocycles. The lowest BCUT2D eigenvalue weighted by atomic mass is 10.1. The Morgan fingerprint density at radius 3 is 2.75 bits per heavy atom. The highest BCUT2D eigenvalue weighted by molar-refractivity contribution is 5.95. The van der Waals surface area contributed by atoms with Crippen molar-refractivity contribution in [2.45, 2.75) is 45.6 Å². The summed E-state index contributed by atoms with van der Waals surface area (Å²) in [6.07, 6.45) is 8.00. The Balaban J connectivity index is 1.59. The van der Waals surface area contributed by atoms with Crippen LogP contribution in [0.25, 0.3) is 22.0 Å². The van der Waals surface area contributed by atoms with Gasteiger partial charge in [-0.1, -0.05) is 13.3 Å². The maximum Gasteiger partial charge on any atom is 0.228 e. The Bertz CT molecular complexity index is 1030. The number of nitrogens with one attached hydrogen (secondary N) is 1. The van der Waals surface area contributed by atoms with Crippen LogP contribution in [0.1, 0.15) is 50.2 Å². The number of aromatic nitrogens is 4. The summed E-state index contributed by atoms with van der Waals surface area (Å²) >= 11 is 0. The summed E-state index contributed by atoms with van der Waals surface area (Å²) in [5, 5.41) is 13.8. The summed E-state index contributed by atoms with van der Waals surface area (Å²) in [6.45, 7) is 3.92. The predicted octanol–water partition coefficient (Wildman–Crippen LogP) is 3.58. The summed E-state index contributed by atoms with van der Waals surface area (Å²) in [4.78, 5) is 29.6. The second kappa shape index (κ2) is 7.59. The van der Waals surface area contributed by atoms with Crippen LogP contribution in [0.3, 0.4) is 0 Å². The molecule has 3 aromatic rings. The van der Waals surface area contributed by atoms with Crippen LogP contribution in [0.15, 0.2) is 30.7 Å². The van der Waals surface area contributed by atoms with Gasteiger partial charge >= 0.3 is 0 Å². The topological polar surface area (TPSA) is 101 Å². The minimum atomic E-state index is -0.638. The molecule has 1 amide bonds. The van der Waals surface area contributed by atoms with Gasteiger partial charge in [0.15, 0.2) is 5.82 Å². The number of carbonyl (C=O) groups is 1. The highest BCUT2D eigenvalue weighted by Crippen LogP contribution is 2.30. The minimum Gasteiger partial charge on any atom is -0.385 e. The number of aliphatic hydroxyl groups excluding tert-OH is 1. The van der Waals surface area contributed by atoms with E-state index >= 15 is 0 Å². The van der Waals surface area contributed by atoms with Gasteiger partial charge in [-0.05, 0) is 32.3 Å². The number of rotatable bonds is 6. The van der Waals surface area contributed by atoms with Gasteiger partial charge in [0, 0.05) is 52.8 Å². The maximum atomic E-state index is 11.9. The third kappa shape index (κ3) is 3.84. The van der Waals surface area contributed by atoms with E-state index in [9.17, 15) is 9.90 Å². The Morgan fingerprint density at radius 1 is 1.21 bits per heavy atom. The molecule has 1 atom stereocenters. The summed E-state index contributed by atoms with van der Waals surface area (Å²) in [6, 6.07) is 3.77. The van der Waals surface area contributed by atoms with Gasteiger partial charge in [-0.3, -0.25) is 9.78 Å². The van der Waals surface area contributed by atoms with E-state index in [0.717, 1.165) is 47.0 Å². The minimum absolute atomic E-state index is 0.0293. The number of aliphatic hydroxyl groups is 1. The van der Waals surface area contributed by atoms with Crippen molar-refractivity contribution in [2.75, 3.05) is 5.32 Å². The number of carbonyl (C=O) groups excluding carboxylic acids is 1. The Labute approximate surface area is 163 Å². The van der Waals surface area contributed by atoms with E-state index in [1.54, 1.807) is 24.7 Å². The van der Waals surface area contributed by atoms with E-state index in [0.29, 0.717) is 18.1 Å². The van der Waals surface area contributed by atoms with Gasteiger partial charge in [0.25, 0.3) is 0 Å². The molecule has 0 spiro atoms. The van der Waals surface area contributed by atoms with Crippen molar-refractivity contribution in [1.82, 2.24) is 19.9 Å². The van der Waals surface area contributed by atoms with Crippen molar-refractivity contribution in [2.24, 2.45) is 5.92 Å². The van der Waals surface area contributed by atoms with Crippen LogP contribution >= 0.6 is 0 Å². The summed E-state index contributed by atoms with van der Waals surface area (Å²) < 4.78 is 0. The lowest BCUT2D eigenvalue weighted by molar-refractivity contribution is -0.117. The molecule has 1 aliphatic rings. The fourth-order valence-electron chi connectivity index (χ4n) is 3.14. The summed E-state index contributed by atoms with van der Waals surface area (Å²) in [5.41, 5.74) is 3.31. The molecule has 1 saturated carbocycles. The van der Waals surface area contributed by atoms with Crippen LogP contribution < -0.4 is 5.32 Å². The molecule has 1 aliphatic carbocycles. The van der Waals surface area contributed by atoms with Crippen molar-refractivity contribution in [1.29, 1.82) is 0 Å². The zero-order chi connectivity index (χ0) is 19.7. The molecule has 2 N–H and O–H groups in total. The van der Waals surface area contributed by atoms with Crippen LogP contribution in [-0.4, -0.2) is 30.9 Å². The molecule has 1 fully saturated rings. The number of pyridine rings is 2. The van der Waals surface area contributed by atoms with Gasteiger partial charge in [0.1, 0.15) is 11.9 Å². The van der Waals surface area contributed by atoms with E-state index in [2.05, 4.69) is 25.3 Å². The quantitative estimate of drug-likeness (QED) is 0.681. The normalized spacial score (nSPS) is 14.8. The summed E-state index contributed by atoms with van der Waals surface area (Å²) in [7, 11) is 0. The predicted molar refractivity (Wildman–Crippen MR) is 107 cm³/mol. The SMILES string of the molecule is CCCC(O)c1ncc(-c2cnc3cc(NC(=O)C4CC4)ncc3c2)c(C)n1. The smallest absolute Gasteiger partial charge is 0.228 e. The van der Waals surface area contributed by atoms with Crippen molar-refractivity contribution < 1.29 is 9.90 Å². The van der Waals surface area contributed by atoms with Crippen LogP contribution in [0.4, 0.5) is 5.82 Å². The molecule has 1 unspecified atom stereocenters. The molecule has 0 radical (unpaired) electrons. The van der Waals surface area contributed by atoms with Gasteiger partial charge in [-0.15, -0.1) is 0 Å². The maximum absolute atomic E-state index is 11.9. The van der Waals surface area contributed by atoms with E-state index in [4.69, 9.17) is 0 Å². The first-order valence-electron chi connectivity index (χ1n) is 9.63. The van der Waals surface area contributed by atoms with Gasteiger partial charge in [-0.25, -0.2) is 15.0 Å². The lowest BCUT2D eigenvalue weighted by Crippen LogP contribution is -2.14. The van der Waals surface area contributed by atoms with Gasteiger partial charge in [0.2, 0.25) is 5.91 Å². The van der Waals surface area contributed by atoms with E-state index < -0.39 is 6.10 Å². The van der Waals surface area contributed by atoms with Crippen molar-refractivity contribution in [3.63, 3.8) is 0 Å². The van der Waals surface area contributed by atoms with Crippen LogP contribution in [0.2, 0.25) is 0 Å². The van der Waals surface area contributed by atoms with E-state index in [1.807, 2.05) is 19.9 Å². The first-order chi connectivity index (χ1) is 13.5. The molecule has 3 aromatic heterocycles. The average Bonchev–Trinajstić information content (AvgIpc) is 3.53. The van der Waals surface area contributed by atoms with E-state index in [-0.39, 0.29) is 11.8 Å². The molecule has 7 heteroatoms. The van der Waals surface area contributed by atoms with Crippen LogP contribution in [-0.2, 0) is 4.79 Å². The third-order valence-corrected chi connectivity index (χ3v) is 4.93. The standard InChI is InChI=1S/C21H23N5O2/c1-3-4-18(27)20-24-11-16(12(2)25-20)14-7-15-10-23-19(8-17(15)22-9-14)26-21(28)13-5-6-13/h7-11,13,18,27H,3-6H2,1-2H3,(H,23,26,28). The fraction of sp³-hybridized carbons (Fsp3) is 0.381. The largest absolute Gasteiger partial charge is 0.385 e. The number of amides is 1. The van der Waals surface area contributed by atoms with Crippen LogP contribution in [0, 0.1) is 12.8 Å². The highest BCUT2D eigenvalue weighted by atomic mass is 16.3. The molecule has 144 valence electrons. The second-order valence-corrected chi connectivity index (χ2v) is 7.28. The van der Waals surface area contributed by atoms with Gasteiger partial charge in [0.05, 0.1) is 5.52 Å². The monoisotopic (exact) mass is 377 g/mol. The molecule has 28 heavy (non-hydrogen) atoms. The first kappa shape index (κ1) is 18.4. The molecule has 4 rings (SSSR count). The molecule has 0 aromatic carbocycles. The molecule has 7 nitrogen and oxygen atoms in total. The third-order valence-electron chi connectivity index (χ3n) is 4.93. The first-order valence-corrected chi connectivity index (χ1v) is 9.63. The van der Waals surface area contributed by atoms with Crippen molar-refractivity contribution in [3.05, 3.63) is 42.2 Å². The number of hydrogen-bond donors (Lipinski definition) is 2. The zero-order valence-electron chi connectivity index (χ0n) is 16.0. The lowest BCUT2D eigenvalue weighted by Gasteiger charge is -2.11. The van der Waals surface area contributed by atoms with E-state index in [1.165, 1.54) is 0 Å². The highest BCUT2D eigenvalue weighted by Gasteiger charge is 2.29. The Hall–Kier alpha value is -2.93. The fourth-order valence-corrected chi connectivity index (χ4v) is 3.14. The number of anilines is 1. The Kier molecular flexibility index (Phi) is 5.00. The summed E-state index contributed by atoms with van der Waals surface area (Å²) in [5.74, 6) is 1.14. The second-order valence-electron chi connectivity index (χ2n) is 7.28. The van der Waals surface area contributed by atoms with Crippen LogP contribution in [0.5, 0.6) is 0 Å². The number of fused-ring (bicyclic) bond motifs is 1. The number of aryl methyl sites for hydroxylation is 1. The van der Waals surface area contributed by atoms with Gasteiger partial charge < -0.3 is 10.4 Å². The Morgan fingerprint density at radius 2 is 2.04 bits per heavy atom. The number of hydrogen-bond acceptors (Lipinski definition) is 6. The van der Waals surface area contributed by atoms with Crippen molar-refractivity contribution in [3.8, 4) is 11.1 Å². The van der Waals surface area contributed by atoms with Gasteiger partial charge in [-0.2, -0.15) is 0 Å². The average molecular weight is 377 g/mol. The molecule has 0 saturated heterocycles. The molecular formula is C21H23N5O2. The molecular weight excluding hydrogens is 354 g/mol. The molecule has 0 bridgehead atoms.